The number of nitrogens with one attached hydrogen (secondary N) is 1. The third kappa shape index (κ3) is 8.24. The van der Waals surface area contributed by atoms with E-state index in [4.69, 9.17) is 23.2 Å². The Morgan fingerprint density at radius 3 is 2.24 bits per heavy atom. The second kappa shape index (κ2) is 14.7. The van der Waals surface area contributed by atoms with Crippen LogP contribution in [0.15, 0.2) is 71.6 Å². The molecule has 3 rings (SSSR count). The Hall–Kier alpha value is -3.07. The van der Waals surface area contributed by atoms with Gasteiger partial charge in [0.15, 0.2) is 0 Å². The number of carbonyl (C=O) groups excluding carboxylic acids is 2. The summed E-state index contributed by atoms with van der Waals surface area (Å²) >= 11 is 12.6. The molecular formula is C31H37Cl2N3O4S. The highest BCUT2D eigenvalue weighted by Crippen LogP contribution is 2.29. The van der Waals surface area contributed by atoms with Crippen molar-refractivity contribution >= 4 is 50.7 Å². The number of para-hydroxylation sites is 1. The molecule has 1 N–H and O–H groups in total. The molecule has 0 saturated carbocycles. The largest absolute Gasteiger partial charge is 0.354 e. The van der Waals surface area contributed by atoms with Crippen LogP contribution in [0.1, 0.15) is 49.8 Å². The Morgan fingerprint density at radius 1 is 0.951 bits per heavy atom. The zero-order chi connectivity index (χ0) is 30.2. The standard InChI is InChI=1S/C31H37Cl2N3O4S/c1-5-7-18-34-31(38)28(6-2)35(20-24-14-15-25(32)19-27(24)33)30(37)21-36(29-11-9-8-10-23(29)4)41(39,40)26-16-12-22(3)13-17-26/h8-17,19,28H,5-7,18,20-21H2,1-4H3,(H,34,38). The summed E-state index contributed by atoms with van der Waals surface area (Å²) in [7, 11) is -4.14. The van der Waals surface area contributed by atoms with Gasteiger partial charge in [-0.2, -0.15) is 0 Å². The minimum atomic E-state index is -4.14. The Labute approximate surface area is 253 Å². The number of unbranched alkanes of at least 4 members (excludes halogenated alkanes) is 1. The van der Waals surface area contributed by atoms with Crippen LogP contribution in [-0.2, 0) is 26.2 Å². The van der Waals surface area contributed by atoms with E-state index in [9.17, 15) is 18.0 Å². The van der Waals surface area contributed by atoms with Crippen molar-refractivity contribution in [3.8, 4) is 0 Å². The van der Waals surface area contributed by atoms with Crippen LogP contribution in [0.5, 0.6) is 0 Å². The van der Waals surface area contributed by atoms with Gasteiger partial charge in [-0.15, -0.1) is 0 Å². The molecule has 0 bridgehead atoms. The molecule has 0 radical (unpaired) electrons. The first-order valence-electron chi connectivity index (χ1n) is 13.7. The first-order valence-corrected chi connectivity index (χ1v) is 15.8. The highest BCUT2D eigenvalue weighted by Gasteiger charge is 2.34. The maximum absolute atomic E-state index is 14.2. The Morgan fingerprint density at radius 2 is 1.63 bits per heavy atom. The van der Waals surface area contributed by atoms with Gasteiger partial charge >= 0.3 is 0 Å². The van der Waals surface area contributed by atoms with E-state index < -0.39 is 28.5 Å². The molecule has 0 fully saturated rings. The lowest BCUT2D eigenvalue weighted by molar-refractivity contribution is -0.140. The third-order valence-electron chi connectivity index (χ3n) is 6.84. The molecule has 10 heteroatoms. The number of amides is 2. The van der Waals surface area contributed by atoms with Gasteiger partial charge in [0, 0.05) is 23.1 Å². The number of aryl methyl sites for hydroxylation is 2. The SMILES string of the molecule is CCCCNC(=O)C(CC)N(Cc1ccc(Cl)cc1Cl)C(=O)CN(c1ccccc1C)S(=O)(=O)c1ccc(C)cc1. The summed E-state index contributed by atoms with van der Waals surface area (Å²) in [6, 6.07) is 17.6. The number of carbonyl (C=O) groups is 2. The van der Waals surface area contributed by atoms with E-state index in [1.54, 1.807) is 61.5 Å². The maximum Gasteiger partial charge on any atom is 0.264 e. The number of benzene rings is 3. The number of hydrogen-bond donors (Lipinski definition) is 1. The van der Waals surface area contributed by atoms with Gasteiger partial charge in [-0.3, -0.25) is 13.9 Å². The molecule has 220 valence electrons. The fourth-order valence-electron chi connectivity index (χ4n) is 4.45. The monoisotopic (exact) mass is 617 g/mol. The van der Waals surface area contributed by atoms with Crippen molar-refractivity contribution in [3.05, 3.63) is 93.5 Å². The Kier molecular flexibility index (Phi) is 11.6. The second-order valence-electron chi connectivity index (χ2n) is 9.94. The van der Waals surface area contributed by atoms with Crippen molar-refractivity contribution < 1.29 is 18.0 Å². The van der Waals surface area contributed by atoms with E-state index in [1.807, 2.05) is 20.8 Å². The first kappa shape index (κ1) is 32.4. The van der Waals surface area contributed by atoms with Gasteiger partial charge in [0.2, 0.25) is 11.8 Å². The van der Waals surface area contributed by atoms with Crippen molar-refractivity contribution in [3.63, 3.8) is 0 Å². The van der Waals surface area contributed by atoms with Crippen molar-refractivity contribution in [1.29, 1.82) is 0 Å². The molecule has 0 aliphatic rings. The van der Waals surface area contributed by atoms with E-state index in [0.29, 0.717) is 39.8 Å². The molecule has 3 aromatic carbocycles. The van der Waals surface area contributed by atoms with Crippen LogP contribution in [0.2, 0.25) is 10.0 Å². The van der Waals surface area contributed by atoms with Gasteiger partial charge < -0.3 is 10.2 Å². The van der Waals surface area contributed by atoms with Crippen molar-refractivity contribution in [1.82, 2.24) is 10.2 Å². The molecule has 0 spiro atoms. The number of sulfonamides is 1. The van der Waals surface area contributed by atoms with Crippen LogP contribution in [0.3, 0.4) is 0 Å². The minimum Gasteiger partial charge on any atom is -0.354 e. The quantitative estimate of drug-likeness (QED) is 0.221. The fourth-order valence-corrected chi connectivity index (χ4v) is 6.40. The molecular weight excluding hydrogens is 581 g/mol. The topological polar surface area (TPSA) is 86.8 Å². The summed E-state index contributed by atoms with van der Waals surface area (Å²) in [5, 5.41) is 3.70. The smallest absolute Gasteiger partial charge is 0.264 e. The minimum absolute atomic E-state index is 0.000725. The molecule has 0 aliphatic heterocycles. The van der Waals surface area contributed by atoms with Crippen LogP contribution in [-0.4, -0.2) is 44.3 Å². The van der Waals surface area contributed by atoms with E-state index in [2.05, 4.69) is 5.32 Å². The van der Waals surface area contributed by atoms with E-state index in [0.717, 1.165) is 22.7 Å². The molecule has 1 unspecified atom stereocenters. The van der Waals surface area contributed by atoms with Crippen molar-refractivity contribution in [2.75, 3.05) is 17.4 Å². The Bertz CT molecular complexity index is 1460. The first-order chi connectivity index (χ1) is 19.5. The second-order valence-corrected chi connectivity index (χ2v) is 12.6. The lowest BCUT2D eigenvalue weighted by Gasteiger charge is -2.33. The van der Waals surface area contributed by atoms with E-state index in [-0.39, 0.29) is 17.3 Å². The summed E-state index contributed by atoms with van der Waals surface area (Å²) in [5.41, 5.74) is 2.57. The van der Waals surface area contributed by atoms with Crippen LogP contribution in [0.25, 0.3) is 0 Å². The van der Waals surface area contributed by atoms with Crippen molar-refractivity contribution in [2.45, 2.75) is 64.4 Å². The fraction of sp³-hybridized carbons (Fsp3) is 0.355. The molecule has 41 heavy (non-hydrogen) atoms. The third-order valence-corrected chi connectivity index (χ3v) is 9.20. The van der Waals surface area contributed by atoms with Gasteiger partial charge in [-0.05, 0) is 68.1 Å². The average molecular weight is 619 g/mol. The number of halogens is 2. The number of anilines is 1. The highest BCUT2D eigenvalue weighted by atomic mass is 35.5. The lowest BCUT2D eigenvalue weighted by Crippen LogP contribution is -2.52. The average Bonchev–Trinajstić information content (AvgIpc) is 2.93. The molecule has 2 amide bonds. The normalized spacial score (nSPS) is 12.0. The molecule has 3 aromatic rings. The Balaban J connectivity index is 2.07. The van der Waals surface area contributed by atoms with Gasteiger partial charge in [-0.1, -0.05) is 85.4 Å². The maximum atomic E-state index is 14.2. The summed E-state index contributed by atoms with van der Waals surface area (Å²) in [4.78, 5) is 28.9. The van der Waals surface area contributed by atoms with E-state index >= 15 is 0 Å². The van der Waals surface area contributed by atoms with Crippen LogP contribution in [0.4, 0.5) is 5.69 Å². The van der Waals surface area contributed by atoms with Gasteiger partial charge in [0.25, 0.3) is 10.0 Å². The summed E-state index contributed by atoms with van der Waals surface area (Å²) < 4.78 is 29.1. The van der Waals surface area contributed by atoms with Crippen LogP contribution < -0.4 is 9.62 Å². The van der Waals surface area contributed by atoms with Crippen LogP contribution in [0, 0.1) is 13.8 Å². The van der Waals surface area contributed by atoms with Crippen molar-refractivity contribution in [2.24, 2.45) is 0 Å². The lowest BCUT2D eigenvalue weighted by atomic mass is 10.1. The molecule has 0 aromatic heterocycles. The predicted octanol–water partition coefficient (Wildman–Crippen LogP) is 6.53. The zero-order valence-corrected chi connectivity index (χ0v) is 26.2. The summed E-state index contributed by atoms with van der Waals surface area (Å²) in [5.74, 6) is -0.837. The van der Waals surface area contributed by atoms with Gasteiger partial charge in [-0.25, -0.2) is 8.42 Å². The van der Waals surface area contributed by atoms with E-state index in [1.165, 1.54) is 17.0 Å². The van der Waals surface area contributed by atoms with Crippen LogP contribution >= 0.6 is 23.2 Å². The predicted molar refractivity (Wildman–Crippen MR) is 166 cm³/mol. The molecule has 1 atom stereocenters. The van der Waals surface area contributed by atoms with Gasteiger partial charge in [0.1, 0.15) is 12.6 Å². The summed E-state index contributed by atoms with van der Waals surface area (Å²) in [6.07, 6.45) is 2.03. The number of nitrogens with zero attached hydrogens (tertiary/aromatic N) is 2. The van der Waals surface area contributed by atoms with Gasteiger partial charge in [0.05, 0.1) is 10.6 Å². The molecule has 0 aliphatic carbocycles. The highest BCUT2D eigenvalue weighted by molar-refractivity contribution is 7.92. The summed E-state index contributed by atoms with van der Waals surface area (Å²) in [6.45, 7) is 7.47. The molecule has 0 heterocycles. The zero-order valence-electron chi connectivity index (χ0n) is 23.9. The number of rotatable bonds is 13. The molecule has 0 saturated heterocycles. The number of hydrogen-bond acceptors (Lipinski definition) is 4. The molecule has 7 nitrogen and oxygen atoms in total.